The van der Waals surface area contributed by atoms with Crippen LogP contribution in [0, 0.1) is 13.8 Å². The van der Waals surface area contributed by atoms with E-state index in [9.17, 15) is 4.79 Å². The molecule has 18 heavy (non-hydrogen) atoms. The lowest BCUT2D eigenvalue weighted by Gasteiger charge is -2.06. The number of hydrogen-bond acceptors (Lipinski definition) is 4. The highest BCUT2D eigenvalue weighted by Crippen LogP contribution is 2.13. The van der Waals surface area contributed by atoms with Gasteiger partial charge in [0.15, 0.2) is 0 Å². The van der Waals surface area contributed by atoms with E-state index >= 15 is 0 Å². The second kappa shape index (κ2) is 5.18. The van der Waals surface area contributed by atoms with E-state index in [2.05, 4.69) is 10.3 Å². The molecule has 0 atom stereocenters. The Hall–Kier alpha value is -1.88. The van der Waals surface area contributed by atoms with Crippen LogP contribution >= 0.6 is 11.3 Å². The molecule has 3 N–H and O–H groups in total. The van der Waals surface area contributed by atoms with Crippen molar-refractivity contribution in [1.29, 1.82) is 0 Å². The molecule has 0 radical (unpaired) electrons. The Kier molecular flexibility index (Phi) is 3.62. The van der Waals surface area contributed by atoms with Gasteiger partial charge in [-0.2, -0.15) is 0 Å². The summed E-state index contributed by atoms with van der Waals surface area (Å²) in [5.74, 6) is -0.113. The minimum atomic E-state index is -0.113. The first kappa shape index (κ1) is 12.6. The van der Waals surface area contributed by atoms with Gasteiger partial charge in [-0.05, 0) is 37.6 Å². The molecule has 0 unspecified atom stereocenters. The highest BCUT2D eigenvalue weighted by Gasteiger charge is 2.08. The van der Waals surface area contributed by atoms with Gasteiger partial charge in [-0.1, -0.05) is 0 Å². The fourth-order valence-electron chi connectivity index (χ4n) is 1.70. The number of nitrogens with two attached hydrogens (primary N) is 1. The van der Waals surface area contributed by atoms with Gasteiger partial charge in [0.05, 0.1) is 17.7 Å². The van der Waals surface area contributed by atoms with E-state index in [0.29, 0.717) is 17.8 Å². The first-order valence-corrected chi connectivity index (χ1v) is 6.48. The number of nitrogens with one attached hydrogen (secondary N) is 1. The minimum absolute atomic E-state index is 0.113. The molecule has 2 aromatic rings. The molecule has 0 saturated carbocycles. The maximum atomic E-state index is 12.0. The van der Waals surface area contributed by atoms with Crippen molar-refractivity contribution in [3.8, 4) is 0 Å². The van der Waals surface area contributed by atoms with Gasteiger partial charge < -0.3 is 11.1 Å². The summed E-state index contributed by atoms with van der Waals surface area (Å²) in [7, 11) is 0. The number of thiazole rings is 1. The van der Waals surface area contributed by atoms with E-state index in [4.69, 9.17) is 5.73 Å². The summed E-state index contributed by atoms with van der Waals surface area (Å²) in [4.78, 5) is 17.2. The van der Waals surface area contributed by atoms with Crippen molar-refractivity contribution in [2.45, 2.75) is 20.4 Å². The molecular weight excluding hydrogens is 246 g/mol. The van der Waals surface area contributed by atoms with Crippen LogP contribution in [0.15, 0.2) is 23.7 Å². The molecule has 0 bridgehead atoms. The van der Waals surface area contributed by atoms with Crippen molar-refractivity contribution in [2.24, 2.45) is 0 Å². The molecule has 0 spiro atoms. The first-order valence-electron chi connectivity index (χ1n) is 5.60. The first-order chi connectivity index (χ1) is 8.56. The number of aromatic nitrogens is 1. The van der Waals surface area contributed by atoms with Crippen LogP contribution in [-0.2, 0) is 6.54 Å². The van der Waals surface area contributed by atoms with Crippen molar-refractivity contribution < 1.29 is 4.79 Å². The number of nitrogens with zero attached hydrogens (tertiary/aromatic N) is 1. The molecule has 0 fully saturated rings. The Labute approximate surface area is 110 Å². The average molecular weight is 261 g/mol. The summed E-state index contributed by atoms with van der Waals surface area (Å²) in [6.07, 6.45) is 0. The number of benzene rings is 1. The summed E-state index contributed by atoms with van der Waals surface area (Å²) in [5, 5.41) is 2.87. The molecule has 1 aromatic carbocycles. The van der Waals surface area contributed by atoms with Crippen LogP contribution in [0.4, 0.5) is 5.69 Å². The van der Waals surface area contributed by atoms with Gasteiger partial charge in [0.1, 0.15) is 0 Å². The van der Waals surface area contributed by atoms with Gasteiger partial charge in [-0.25, -0.2) is 4.98 Å². The summed E-state index contributed by atoms with van der Waals surface area (Å²) >= 11 is 1.54. The van der Waals surface area contributed by atoms with Gasteiger partial charge in [0.25, 0.3) is 5.91 Å². The molecule has 0 aliphatic heterocycles. The largest absolute Gasteiger partial charge is 0.399 e. The van der Waals surface area contributed by atoms with Crippen molar-refractivity contribution >= 4 is 22.9 Å². The predicted molar refractivity (Wildman–Crippen MR) is 73.6 cm³/mol. The normalized spacial score (nSPS) is 10.3. The molecule has 0 saturated heterocycles. The van der Waals surface area contributed by atoms with Crippen molar-refractivity contribution in [3.63, 3.8) is 0 Å². The molecule has 0 aliphatic rings. The maximum Gasteiger partial charge on any atom is 0.251 e. The lowest BCUT2D eigenvalue weighted by Crippen LogP contribution is -2.22. The average Bonchev–Trinajstić information content (AvgIpc) is 2.70. The monoisotopic (exact) mass is 261 g/mol. The summed E-state index contributed by atoms with van der Waals surface area (Å²) in [5.41, 5.74) is 10.6. The van der Waals surface area contributed by atoms with Crippen molar-refractivity contribution in [1.82, 2.24) is 10.3 Å². The predicted octanol–water partition coefficient (Wildman–Crippen LogP) is 2.27. The van der Waals surface area contributed by atoms with Gasteiger partial charge in [-0.15, -0.1) is 11.3 Å². The Bertz CT molecular complexity index is 557. The van der Waals surface area contributed by atoms with E-state index in [-0.39, 0.29) is 5.91 Å². The van der Waals surface area contributed by atoms with Gasteiger partial charge in [0.2, 0.25) is 0 Å². The van der Waals surface area contributed by atoms with Crippen LogP contribution in [-0.4, -0.2) is 10.9 Å². The molecule has 1 heterocycles. The van der Waals surface area contributed by atoms with Crippen molar-refractivity contribution in [2.75, 3.05) is 5.73 Å². The lowest BCUT2D eigenvalue weighted by atomic mass is 10.1. The number of carbonyl (C=O) groups excluding carboxylic acids is 1. The Balaban J connectivity index is 2.06. The quantitative estimate of drug-likeness (QED) is 0.833. The molecule has 1 amide bonds. The third-order valence-electron chi connectivity index (χ3n) is 2.62. The van der Waals surface area contributed by atoms with Gasteiger partial charge in [0, 0.05) is 16.1 Å². The fourth-order valence-corrected chi connectivity index (χ4v) is 2.42. The Morgan fingerprint density at radius 1 is 1.39 bits per heavy atom. The topological polar surface area (TPSA) is 68.0 Å². The number of carbonyl (C=O) groups is 1. The third-order valence-corrected chi connectivity index (χ3v) is 3.55. The lowest BCUT2D eigenvalue weighted by molar-refractivity contribution is 0.0951. The SMILES string of the molecule is Cc1cc(N)cc(C(=O)NCc2scnc2C)c1. The number of anilines is 1. The highest BCUT2D eigenvalue weighted by atomic mass is 32.1. The minimum Gasteiger partial charge on any atom is -0.399 e. The second-order valence-corrected chi connectivity index (χ2v) is 5.12. The molecule has 94 valence electrons. The zero-order chi connectivity index (χ0) is 13.1. The molecule has 0 aliphatic carbocycles. The van der Waals surface area contributed by atoms with E-state index < -0.39 is 0 Å². The standard InChI is InChI=1S/C13H15N3OS/c1-8-3-10(5-11(14)4-8)13(17)15-6-12-9(2)16-7-18-12/h3-5,7H,6,14H2,1-2H3,(H,15,17). The van der Waals surface area contributed by atoms with Crippen LogP contribution < -0.4 is 11.1 Å². The number of nitrogen functional groups attached to an aromatic ring is 1. The summed E-state index contributed by atoms with van der Waals surface area (Å²) in [6, 6.07) is 5.34. The number of rotatable bonds is 3. The Morgan fingerprint density at radius 3 is 2.78 bits per heavy atom. The fraction of sp³-hybridized carbons (Fsp3) is 0.231. The number of amides is 1. The summed E-state index contributed by atoms with van der Waals surface area (Å²) < 4.78 is 0. The number of aryl methyl sites for hydroxylation is 2. The molecule has 5 heteroatoms. The summed E-state index contributed by atoms with van der Waals surface area (Å²) in [6.45, 7) is 4.35. The Morgan fingerprint density at radius 2 is 2.17 bits per heavy atom. The van der Waals surface area contributed by atoms with Crippen molar-refractivity contribution in [3.05, 3.63) is 45.4 Å². The van der Waals surface area contributed by atoms with Crippen LogP contribution in [0.25, 0.3) is 0 Å². The molecular formula is C13H15N3OS. The van der Waals surface area contributed by atoms with Gasteiger partial charge in [-0.3, -0.25) is 4.79 Å². The van der Waals surface area contributed by atoms with Gasteiger partial charge >= 0.3 is 0 Å². The van der Waals surface area contributed by atoms with E-state index in [1.807, 2.05) is 26.0 Å². The van der Waals surface area contributed by atoms with Crippen LogP contribution in [0.2, 0.25) is 0 Å². The third kappa shape index (κ3) is 2.87. The van der Waals surface area contributed by atoms with Crippen LogP contribution in [0.5, 0.6) is 0 Å². The van der Waals surface area contributed by atoms with E-state index in [1.165, 1.54) is 0 Å². The van der Waals surface area contributed by atoms with E-state index in [0.717, 1.165) is 16.1 Å². The van der Waals surface area contributed by atoms with E-state index in [1.54, 1.807) is 22.9 Å². The second-order valence-electron chi connectivity index (χ2n) is 4.18. The zero-order valence-electron chi connectivity index (χ0n) is 10.4. The molecule has 4 nitrogen and oxygen atoms in total. The zero-order valence-corrected chi connectivity index (χ0v) is 11.2. The molecule has 1 aromatic heterocycles. The highest BCUT2D eigenvalue weighted by molar-refractivity contribution is 7.09. The van der Waals surface area contributed by atoms with Crippen LogP contribution in [0.3, 0.4) is 0 Å². The molecule has 2 rings (SSSR count). The smallest absolute Gasteiger partial charge is 0.251 e. The maximum absolute atomic E-state index is 12.0. The van der Waals surface area contributed by atoms with Crippen LogP contribution in [0.1, 0.15) is 26.5 Å². The number of hydrogen-bond donors (Lipinski definition) is 2.